The lowest BCUT2D eigenvalue weighted by Gasteiger charge is -2.22. The zero-order chi connectivity index (χ0) is 29.7. The summed E-state index contributed by atoms with van der Waals surface area (Å²) in [5, 5.41) is 5.36. The molecule has 2 amide bonds. The highest BCUT2D eigenvalue weighted by molar-refractivity contribution is 6.08. The van der Waals surface area contributed by atoms with Crippen LogP contribution in [0.3, 0.4) is 0 Å². The Morgan fingerprint density at radius 1 is 0.595 bits per heavy atom. The lowest BCUT2D eigenvalue weighted by Crippen LogP contribution is -2.53. The first kappa shape index (κ1) is 29.7. The Morgan fingerprint density at radius 2 is 1.10 bits per heavy atom. The molecule has 0 heterocycles. The minimum atomic E-state index is -1.03. The average Bonchev–Trinajstić information content (AvgIpc) is 3.04. The van der Waals surface area contributed by atoms with Crippen molar-refractivity contribution < 1.29 is 28.7 Å². The van der Waals surface area contributed by atoms with Gasteiger partial charge >= 0.3 is 12.1 Å². The van der Waals surface area contributed by atoms with Crippen molar-refractivity contribution in [2.24, 2.45) is 0 Å². The maximum absolute atomic E-state index is 13.4. The highest BCUT2D eigenvalue weighted by atomic mass is 16.5. The molecule has 0 radical (unpaired) electrons. The largest absolute Gasteiger partial charge is 0.467 e. The highest BCUT2D eigenvalue weighted by Crippen LogP contribution is 2.13. The Labute approximate surface area is 244 Å². The lowest BCUT2D eigenvalue weighted by molar-refractivity contribution is -0.145. The van der Waals surface area contributed by atoms with Crippen molar-refractivity contribution in [3.63, 3.8) is 0 Å². The number of carbonyl (C=O) groups is 4. The summed E-state index contributed by atoms with van der Waals surface area (Å²) in [7, 11) is 1.24. The molecular formula is C34H32N2O6. The molecule has 0 aliphatic rings. The molecule has 42 heavy (non-hydrogen) atoms. The first-order valence-corrected chi connectivity index (χ1v) is 13.5. The van der Waals surface area contributed by atoms with Crippen LogP contribution < -0.4 is 10.6 Å². The minimum Gasteiger partial charge on any atom is -0.467 e. The molecule has 0 saturated heterocycles. The van der Waals surface area contributed by atoms with E-state index in [-0.39, 0.29) is 25.2 Å². The molecule has 4 aromatic carbocycles. The quantitative estimate of drug-likeness (QED) is 0.191. The highest BCUT2D eigenvalue weighted by Gasteiger charge is 2.28. The number of nitrogens with one attached hydrogen (secondary N) is 2. The Kier molecular flexibility index (Phi) is 10.6. The van der Waals surface area contributed by atoms with Crippen molar-refractivity contribution in [3.05, 3.63) is 143 Å². The first-order chi connectivity index (χ1) is 20.4. The van der Waals surface area contributed by atoms with Gasteiger partial charge in [0.2, 0.25) is 5.91 Å². The number of methoxy groups -OCH3 is 1. The van der Waals surface area contributed by atoms with E-state index < -0.39 is 30.1 Å². The number of ether oxygens (including phenoxy) is 2. The number of hydrogen-bond donors (Lipinski definition) is 2. The van der Waals surface area contributed by atoms with Crippen LogP contribution in [0.5, 0.6) is 0 Å². The number of esters is 1. The van der Waals surface area contributed by atoms with E-state index in [1.165, 1.54) is 7.11 Å². The molecule has 0 aliphatic carbocycles. The molecule has 0 unspecified atom stereocenters. The van der Waals surface area contributed by atoms with E-state index in [1.807, 2.05) is 66.7 Å². The second kappa shape index (κ2) is 14.9. The maximum atomic E-state index is 13.4. The SMILES string of the molecule is COC(=O)[C@H](Cc1ccc(C(=O)c2ccccc2)cc1)NC(=O)[C@H](Cc1ccccc1)NC(=O)OCc1ccccc1. The van der Waals surface area contributed by atoms with Gasteiger partial charge < -0.3 is 20.1 Å². The molecular weight excluding hydrogens is 532 g/mol. The predicted octanol–water partition coefficient (Wildman–Crippen LogP) is 4.66. The fourth-order valence-corrected chi connectivity index (χ4v) is 4.36. The molecule has 0 fully saturated rings. The molecule has 8 heteroatoms. The Balaban J connectivity index is 1.44. The van der Waals surface area contributed by atoms with Gasteiger partial charge in [-0.15, -0.1) is 0 Å². The molecule has 0 saturated carbocycles. The van der Waals surface area contributed by atoms with Gasteiger partial charge in [0.15, 0.2) is 5.78 Å². The minimum absolute atomic E-state index is 0.0416. The molecule has 0 bridgehead atoms. The third-order valence-electron chi connectivity index (χ3n) is 6.60. The molecule has 4 rings (SSSR count). The monoisotopic (exact) mass is 564 g/mol. The van der Waals surface area contributed by atoms with Crippen LogP contribution in [-0.2, 0) is 38.5 Å². The molecule has 0 aromatic heterocycles. The van der Waals surface area contributed by atoms with E-state index in [9.17, 15) is 19.2 Å². The van der Waals surface area contributed by atoms with Gasteiger partial charge in [-0.25, -0.2) is 9.59 Å². The van der Waals surface area contributed by atoms with Gasteiger partial charge in [-0.1, -0.05) is 115 Å². The van der Waals surface area contributed by atoms with Crippen molar-refractivity contribution in [1.29, 1.82) is 0 Å². The van der Waals surface area contributed by atoms with Gasteiger partial charge in [0.25, 0.3) is 0 Å². The number of carbonyl (C=O) groups excluding carboxylic acids is 4. The number of ketones is 1. The van der Waals surface area contributed by atoms with Crippen LogP contribution in [-0.4, -0.2) is 42.9 Å². The Bertz CT molecular complexity index is 1480. The van der Waals surface area contributed by atoms with Gasteiger partial charge in [-0.3, -0.25) is 9.59 Å². The number of alkyl carbamates (subject to hydrolysis) is 1. The van der Waals surface area contributed by atoms with Gasteiger partial charge in [-0.2, -0.15) is 0 Å². The van der Waals surface area contributed by atoms with Crippen LogP contribution in [0.2, 0.25) is 0 Å². The molecule has 0 spiro atoms. The van der Waals surface area contributed by atoms with Gasteiger partial charge in [0.1, 0.15) is 18.7 Å². The van der Waals surface area contributed by atoms with E-state index in [4.69, 9.17) is 9.47 Å². The van der Waals surface area contributed by atoms with Crippen LogP contribution in [0.4, 0.5) is 4.79 Å². The number of amides is 2. The Morgan fingerprint density at radius 3 is 1.69 bits per heavy atom. The van der Waals surface area contributed by atoms with E-state index in [0.29, 0.717) is 16.7 Å². The predicted molar refractivity (Wildman–Crippen MR) is 158 cm³/mol. The zero-order valence-corrected chi connectivity index (χ0v) is 23.2. The summed E-state index contributed by atoms with van der Waals surface area (Å²) >= 11 is 0. The average molecular weight is 565 g/mol. The number of hydrogen-bond acceptors (Lipinski definition) is 6. The van der Waals surface area contributed by atoms with Crippen molar-refractivity contribution in [3.8, 4) is 0 Å². The molecule has 2 atom stereocenters. The normalized spacial score (nSPS) is 11.9. The van der Waals surface area contributed by atoms with Crippen LogP contribution in [0.1, 0.15) is 32.6 Å². The molecule has 0 aliphatic heterocycles. The molecule has 8 nitrogen and oxygen atoms in total. The summed E-state index contributed by atoms with van der Waals surface area (Å²) in [6, 6.07) is 32.1. The third kappa shape index (κ3) is 8.63. The smallest absolute Gasteiger partial charge is 0.408 e. The lowest BCUT2D eigenvalue weighted by atomic mass is 9.99. The van der Waals surface area contributed by atoms with Crippen molar-refractivity contribution in [1.82, 2.24) is 10.6 Å². The van der Waals surface area contributed by atoms with Crippen LogP contribution in [0.25, 0.3) is 0 Å². The van der Waals surface area contributed by atoms with E-state index in [0.717, 1.165) is 11.1 Å². The van der Waals surface area contributed by atoms with E-state index in [2.05, 4.69) is 10.6 Å². The standard InChI is InChI=1S/C34H32N2O6/c1-41-33(39)30(22-25-17-19-28(20-18-25)31(37)27-15-9-4-10-16-27)35-32(38)29(21-24-11-5-2-6-12-24)36-34(40)42-23-26-13-7-3-8-14-26/h2-20,29-30H,21-23H2,1H3,(H,35,38)(H,36,40)/t29-,30-/m0/s1. The number of rotatable bonds is 12. The van der Waals surface area contributed by atoms with Crippen molar-refractivity contribution in [2.45, 2.75) is 31.5 Å². The topological polar surface area (TPSA) is 111 Å². The second-order valence-electron chi connectivity index (χ2n) is 9.63. The molecule has 214 valence electrons. The zero-order valence-electron chi connectivity index (χ0n) is 23.2. The Hall–Kier alpha value is -5.24. The second-order valence-corrected chi connectivity index (χ2v) is 9.63. The fourth-order valence-electron chi connectivity index (χ4n) is 4.36. The van der Waals surface area contributed by atoms with E-state index >= 15 is 0 Å². The summed E-state index contributed by atoms with van der Waals surface area (Å²) in [5.41, 5.74) is 3.41. The van der Waals surface area contributed by atoms with Crippen molar-refractivity contribution in [2.75, 3.05) is 7.11 Å². The summed E-state index contributed by atoms with van der Waals surface area (Å²) < 4.78 is 10.3. The third-order valence-corrected chi connectivity index (χ3v) is 6.60. The summed E-state index contributed by atoms with van der Waals surface area (Å²) in [4.78, 5) is 51.5. The maximum Gasteiger partial charge on any atom is 0.408 e. The van der Waals surface area contributed by atoms with Gasteiger partial charge in [0.05, 0.1) is 7.11 Å². The molecule has 2 N–H and O–H groups in total. The van der Waals surface area contributed by atoms with Gasteiger partial charge in [-0.05, 0) is 16.7 Å². The van der Waals surface area contributed by atoms with E-state index in [1.54, 1.807) is 48.5 Å². The van der Waals surface area contributed by atoms with Crippen LogP contribution in [0.15, 0.2) is 115 Å². The van der Waals surface area contributed by atoms with Crippen LogP contribution in [0, 0.1) is 0 Å². The first-order valence-electron chi connectivity index (χ1n) is 13.5. The molecule has 4 aromatic rings. The number of benzene rings is 4. The summed E-state index contributed by atoms with van der Waals surface area (Å²) in [6.07, 6.45) is -0.463. The van der Waals surface area contributed by atoms with Crippen LogP contribution >= 0.6 is 0 Å². The summed E-state index contributed by atoms with van der Waals surface area (Å²) in [5.74, 6) is -1.33. The van der Waals surface area contributed by atoms with Gasteiger partial charge in [0, 0.05) is 24.0 Å². The summed E-state index contributed by atoms with van der Waals surface area (Å²) in [6.45, 7) is 0.0416. The fraction of sp³-hybridized carbons (Fsp3) is 0.176. The van der Waals surface area contributed by atoms with Crippen molar-refractivity contribution >= 4 is 23.8 Å².